The average molecular weight is 282 g/mol. The first-order valence-electron chi connectivity index (χ1n) is 5.19. The second-order valence-corrected chi connectivity index (χ2v) is 4.78. The van der Waals surface area contributed by atoms with Crippen molar-refractivity contribution in [3.8, 4) is 0 Å². The third-order valence-corrected chi connectivity index (χ3v) is 3.36. The molecule has 5 nitrogen and oxygen atoms in total. The molecule has 0 fully saturated rings. The Kier molecular flexibility index (Phi) is 2.46. The van der Waals surface area contributed by atoms with Crippen LogP contribution in [0.1, 0.15) is 5.56 Å². The molecule has 0 spiro atoms. The molecule has 0 amide bonds. The smallest absolute Gasteiger partial charge is 0.163 e. The summed E-state index contributed by atoms with van der Waals surface area (Å²) in [4.78, 5) is 4.33. The zero-order chi connectivity index (χ0) is 12.9. The Morgan fingerprint density at radius 2 is 2.00 bits per heavy atom. The number of aliphatic imine (C=N–C) groups is 1. The van der Waals surface area contributed by atoms with Crippen LogP contribution in [0.2, 0.25) is 10.0 Å². The van der Waals surface area contributed by atoms with E-state index >= 15 is 0 Å². The lowest BCUT2D eigenvalue weighted by atomic mass is 10.2. The molecule has 1 aromatic carbocycles. The summed E-state index contributed by atoms with van der Waals surface area (Å²) in [6.45, 7) is 0. The van der Waals surface area contributed by atoms with Gasteiger partial charge in [-0.2, -0.15) is 5.10 Å². The lowest BCUT2D eigenvalue weighted by molar-refractivity contribution is 0.771. The molecule has 0 radical (unpaired) electrons. The first kappa shape index (κ1) is 11.4. The third-order valence-electron chi connectivity index (χ3n) is 2.64. The van der Waals surface area contributed by atoms with Crippen molar-refractivity contribution in [1.29, 1.82) is 0 Å². The highest BCUT2D eigenvalue weighted by molar-refractivity contribution is 6.42. The summed E-state index contributed by atoms with van der Waals surface area (Å²) in [5.41, 5.74) is 8.06. The fourth-order valence-corrected chi connectivity index (χ4v) is 2.14. The first-order chi connectivity index (χ1) is 8.54. The maximum absolute atomic E-state index is 5.99. The van der Waals surface area contributed by atoms with Gasteiger partial charge in [0.25, 0.3) is 0 Å². The van der Waals surface area contributed by atoms with Crippen LogP contribution in [0, 0.1) is 0 Å². The van der Waals surface area contributed by atoms with Crippen LogP contribution in [0.25, 0.3) is 0 Å². The molecule has 0 saturated heterocycles. The molecule has 1 aliphatic rings. The highest BCUT2D eigenvalue weighted by Crippen LogP contribution is 2.38. The SMILES string of the molecule is Cn1cc2c(n1)Nc1cc(Cl)c(Cl)cc1N=C2N. The minimum absolute atomic E-state index is 0.391. The first-order valence-corrected chi connectivity index (χ1v) is 5.94. The van der Waals surface area contributed by atoms with Crippen LogP contribution in [0.4, 0.5) is 17.2 Å². The van der Waals surface area contributed by atoms with Crippen molar-refractivity contribution in [2.24, 2.45) is 17.8 Å². The second-order valence-electron chi connectivity index (χ2n) is 3.97. The number of aryl methyl sites for hydroxylation is 1. The van der Waals surface area contributed by atoms with E-state index in [0.29, 0.717) is 27.4 Å². The summed E-state index contributed by atoms with van der Waals surface area (Å²) in [6, 6.07) is 3.38. The number of amidine groups is 1. The van der Waals surface area contributed by atoms with Crippen molar-refractivity contribution in [2.75, 3.05) is 5.32 Å². The van der Waals surface area contributed by atoms with Crippen molar-refractivity contribution in [1.82, 2.24) is 9.78 Å². The molecule has 18 heavy (non-hydrogen) atoms. The van der Waals surface area contributed by atoms with E-state index in [0.717, 1.165) is 11.3 Å². The van der Waals surface area contributed by atoms with E-state index in [2.05, 4.69) is 15.4 Å². The van der Waals surface area contributed by atoms with Crippen molar-refractivity contribution in [3.05, 3.63) is 33.9 Å². The van der Waals surface area contributed by atoms with Gasteiger partial charge in [0, 0.05) is 13.2 Å². The monoisotopic (exact) mass is 281 g/mol. The van der Waals surface area contributed by atoms with Gasteiger partial charge >= 0.3 is 0 Å². The van der Waals surface area contributed by atoms with Crippen LogP contribution >= 0.6 is 23.2 Å². The number of anilines is 2. The van der Waals surface area contributed by atoms with E-state index in [1.165, 1.54) is 0 Å². The van der Waals surface area contributed by atoms with Gasteiger partial charge in [0.2, 0.25) is 0 Å². The summed E-state index contributed by atoms with van der Waals surface area (Å²) in [5.74, 6) is 1.04. The van der Waals surface area contributed by atoms with Crippen LogP contribution in [0.5, 0.6) is 0 Å². The van der Waals surface area contributed by atoms with E-state index in [9.17, 15) is 0 Å². The van der Waals surface area contributed by atoms with E-state index in [4.69, 9.17) is 28.9 Å². The van der Waals surface area contributed by atoms with Crippen LogP contribution in [0.15, 0.2) is 23.3 Å². The minimum Gasteiger partial charge on any atom is -0.383 e. The van der Waals surface area contributed by atoms with Crippen LogP contribution < -0.4 is 11.1 Å². The number of benzene rings is 1. The van der Waals surface area contributed by atoms with Crippen molar-refractivity contribution in [3.63, 3.8) is 0 Å². The number of rotatable bonds is 0. The fourth-order valence-electron chi connectivity index (χ4n) is 1.81. The highest BCUT2D eigenvalue weighted by Gasteiger charge is 2.18. The summed E-state index contributed by atoms with van der Waals surface area (Å²) >= 11 is 12.0. The normalized spacial score (nSPS) is 13.2. The molecule has 0 aliphatic carbocycles. The van der Waals surface area contributed by atoms with E-state index < -0.39 is 0 Å². The third kappa shape index (κ3) is 1.72. The van der Waals surface area contributed by atoms with Gasteiger partial charge < -0.3 is 11.1 Å². The van der Waals surface area contributed by atoms with Crippen molar-refractivity contribution >= 4 is 46.2 Å². The predicted octanol–water partition coefficient (Wildman–Crippen LogP) is 2.82. The molecule has 3 N–H and O–H groups in total. The van der Waals surface area contributed by atoms with Gasteiger partial charge in [0.05, 0.1) is 27.0 Å². The Morgan fingerprint density at radius 3 is 2.78 bits per heavy atom. The zero-order valence-corrected chi connectivity index (χ0v) is 10.9. The fraction of sp³-hybridized carbons (Fsp3) is 0.0909. The Labute approximate surface area is 113 Å². The maximum atomic E-state index is 5.99. The minimum atomic E-state index is 0.391. The Balaban J connectivity index is 2.23. The van der Waals surface area contributed by atoms with Gasteiger partial charge in [-0.25, -0.2) is 4.99 Å². The molecule has 1 aromatic heterocycles. The standard InChI is InChI=1S/C11H9Cl2N5/c1-18-4-5-10(14)15-8-2-6(12)7(13)3-9(8)16-11(5)17-18/h2-4H,1H3,(H2,14,15)(H,16,17). The van der Waals surface area contributed by atoms with Gasteiger partial charge in [-0.3, -0.25) is 4.68 Å². The van der Waals surface area contributed by atoms with Crippen molar-refractivity contribution < 1.29 is 0 Å². The molecular formula is C11H9Cl2N5. The topological polar surface area (TPSA) is 68.2 Å². The number of nitrogens with two attached hydrogens (primary N) is 1. The average Bonchev–Trinajstić information content (AvgIpc) is 2.61. The van der Waals surface area contributed by atoms with Crippen LogP contribution in [-0.4, -0.2) is 15.6 Å². The maximum Gasteiger partial charge on any atom is 0.163 e. The van der Waals surface area contributed by atoms with Gasteiger partial charge in [-0.1, -0.05) is 23.2 Å². The number of hydrogen-bond donors (Lipinski definition) is 2. The van der Waals surface area contributed by atoms with E-state index in [-0.39, 0.29) is 0 Å². The quantitative estimate of drug-likeness (QED) is 0.780. The number of fused-ring (bicyclic) bond motifs is 2. The molecule has 3 rings (SSSR count). The van der Waals surface area contributed by atoms with E-state index in [1.54, 1.807) is 23.0 Å². The second kappa shape index (κ2) is 3.90. The molecule has 2 aromatic rings. The number of halogens is 2. The summed E-state index contributed by atoms with van der Waals surface area (Å²) in [6.07, 6.45) is 1.80. The molecule has 7 heteroatoms. The molecule has 0 bridgehead atoms. The molecule has 1 aliphatic heterocycles. The van der Waals surface area contributed by atoms with Gasteiger partial charge in [-0.15, -0.1) is 0 Å². The Hall–Kier alpha value is -1.72. The summed E-state index contributed by atoms with van der Waals surface area (Å²) in [7, 11) is 1.82. The molecule has 2 heterocycles. The lowest BCUT2D eigenvalue weighted by Crippen LogP contribution is -2.12. The molecular weight excluding hydrogens is 273 g/mol. The number of nitrogens with one attached hydrogen (secondary N) is 1. The highest BCUT2D eigenvalue weighted by atomic mass is 35.5. The Bertz CT molecular complexity index is 674. The number of aromatic nitrogens is 2. The number of nitrogens with zero attached hydrogens (tertiary/aromatic N) is 3. The van der Waals surface area contributed by atoms with Crippen molar-refractivity contribution in [2.45, 2.75) is 0 Å². The lowest BCUT2D eigenvalue weighted by Gasteiger charge is -2.06. The van der Waals surface area contributed by atoms with Gasteiger partial charge in [-0.05, 0) is 12.1 Å². The predicted molar refractivity (Wildman–Crippen MR) is 73.3 cm³/mol. The summed E-state index contributed by atoms with van der Waals surface area (Å²) in [5, 5.41) is 8.33. The Morgan fingerprint density at radius 1 is 1.28 bits per heavy atom. The van der Waals surface area contributed by atoms with Crippen LogP contribution in [0.3, 0.4) is 0 Å². The summed E-state index contributed by atoms with van der Waals surface area (Å²) < 4.78 is 1.67. The number of hydrogen-bond acceptors (Lipinski definition) is 4. The van der Waals surface area contributed by atoms with Gasteiger partial charge in [0.1, 0.15) is 5.84 Å². The largest absolute Gasteiger partial charge is 0.383 e. The molecule has 92 valence electrons. The molecule has 0 unspecified atom stereocenters. The van der Waals surface area contributed by atoms with Crippen LogP contribution in [-0.2, 0) is 7.05 Å². The van der Waals surface area contributed by atoms with Gasteiger partial charge in [0.15, 0.2) is 5.82 Å². The molecule has 0 saturated carbocycles. The zero-order valence-electron chi connectivity index (χ0n) is 9.41. The van der Waals surface area contributed by atoms with E-state index in [1.807, 2.05) is 7.05 Å². The molecule has 0 atom stereocenters.